The van der Waals surface area contributed by atoms with Gasteiger partial charge >= 0.3 is 12.2 Å². The minimum absolute atomic E-state index is 0.0557. The minimum Gasteiger partial charge on any atom is -0.335 e. The lowest BCUT2D eigenvalue weighted by atomic mass is 10.3. The lowest BCUT2D eigenvalue weighted by Crippen LogP contribution is -2.41. The topological polar surface area (TPSA) is 106 Å². The third-order valence-corrected chi connectivity index (χ3v) is 2.50. The molecule has 1 aromatic heterocycles. The largest absolute Gasteiger partial charge is 0.456 e. The van der Waals surface area contributed by atoms with Gasteiger partial charge < -0.3 is 5.32 Å². The molecule has 1 heterocycles. The molecule has 0 spiro atoms. The molecule has 11 heteroatoms. The van der Waals surface area contributed by atoms with Crippen molar-refractivity contribution >= 4 is 17.7 Å². The van der Waals surface area contributed by atoms with Crippen LogP contribution < -0.4 is 10.6 Å². The number of carbonyl (C=O) groups excluding carboxylic acids is 3. The van der Waals surface area contributed by atoms with E-state index in [1.807, 2.05) is 5.32 Å². The van der Waals surface area contributed by atoms with E-state index in [1.165, 1.54) is 0 Å². The summed E-state index contributed by atoms with van der Waals surface area (Å²) in [4.78, 5) is 33.5. The molecule has 3 amide bonds. The Labute approximate surface area is 115 Å². The van der Waals surface area contributed by atoms with Gasteiger partial charge in [-0.1, -0.05) is 5.21 Å². The lowest BCUT2D eigenvalue weighted by molar-refractivity contribution is -0.120. The maximum Gasteiger partial charge on any atom is 0.456 e. The molecule has 0 bridgehead atoms. The first-order valence-electron chi connectivity index (χ1n) is 5.87. The molecule has 0 saturated heterocycles. The SMILES string of the molecule is O=C(Cn1cc(C(=O)C(F)(F)F)nn1)NC(=O)NC1CC1. The number of imide groups is 1. The van der Waals surface area contributed by atoms with E-state index in [0.29, 0.717) is 6.20 Å². The lowest BCUT2D eigenvalue weighted by Gasteiger charge is -2.04. The molecule has 1 aliphatic rings. The van der Waals surface area contributed by atoms with Crippen LogP contribution in [0.1, 0.15) is 23.3 Å². The number of carbonyl (C=O) groups is 3. The van der Waals surface area contributed by atoms with Gasteiger partial charge in [0, 0.05) is 6.04 Å². The Balaban J connectivity index is 1.88. The molecule has 0 unspecified atom stereocenters. The van der Waals surface area contributed by atoms with Crippen molar-refractivity contribution in [1.82, 2.24) is 25.6 Å². The summed E-state index contributed by atoms with van der Waals surface area (Å²) >= 11 is 0. The predicted molar refractivity (Wildman–Crippen MR) is 60.1 cm³/mol. The number of alkyl halides is 3. The summed E-state index contributed by atoms with van der Waals surface area (Å²) in [5, 5.41) is 10.7. The van der Waals surface area contributed by atoms with Crippen molar-refractivity contribution < 1.29 is 27.6 Å². The molecule has 0 atom stereocenters. The van der Waals surface area contributed by atoms with E-state index in [0.717, 1.165) is 17.5 Å². The zero-order valence-electron chi connectivity index (χ0n) is 10.5. The monoisotopic (exact) mass is 305 g/mol. The van der Waals surface area contributed by atoms with Crippen LogP contribution in [0.5, 0.6) is 0 Å². The first-order valence-corrected chi connectivity index (χ1v) is 5.87. The second-order valence-corrected chi connectivity index (χ2v) is 4.42. The Bertz CT molecular complexity index is 579. The van der Waals surface area contributed by atoms with Gasteiger partial charge in [-0.15, -0.1) is 5.10 Å². The zero-order valence-corrected chi connectivity index (χ0v) is 10.5. The Morgan fingerprint density at radius 1 is 1.33 bits per heavy atom. The van der Waals surface area contributed by atoms with E-state index >= 15 is 0 Å². The summed E-state index contributed by atoms with van der Waals surface area (Å²) in [6, 6.07) is -0.630. The normalized spacial score (nSPS) is 14.6. The Morgan fingerprint density at radius 2 is 2.00 bits per heavy atom. The third kappa shape index (κ3) is 4.26. The van der Waals surface area contributed by atoms with Crippen LogP contribution in [-0.4, -0.2) is 44.9 Å². The summed E-state index contributed by atoms with van der Waals surface area (Å²) in [5.74, 6) is -2.94. The number of halogens is 3. The van der Waals surface area contributed by atoms with Crippen LogP contribution in [0.2, 0.25) is 0 Å². The second-order valence-electron chi connectivity index (χ2n) is 4.42. The van der Waals surface area contributed by atoms with E-state index in [-0.39, 0.29) is 6.04 Å². The fourth-order valence-corrected chi connectivity index (χ4v) is 1.39. The third-order valence-electron chi connectivity index (χ3n) is 2.50. The van der Waals surface area contributed by atoms with Crippen LogP contribution in [0.3, 0.4) is 0 Å². The average Bonchev–Trinajstić information content (AvgIpc) is 3.03. The quantitative estimate of drug-likeness (QED) is 0.762. The fourth-order valence-electron chi connectivity index (χ4n) is 1.39. The standard InChI is InChI=1S/C10H10F3N5O3/c11-10(12,13)8(20)6-3-18(17-16-6)4-7(19)15-9(21)14-5-1-2-5/h3,5H,1-2,4H2,(H2,14,15,19,21). The van der Waals surface area contributed by atoms with Crippen molar-refractivity contribution in [2.45, 2.75) is 31.6 Å². The molecule has 0 aliphatic heterocycles. The van der Waals surface area contributed by atoms with Gasteiger partial charge in [-0.3, -0.25) is 14.9 Å². The number of urea groups is 1. The number of nitrogens with one attached hydrogen (secondary N) is 2. The Morgan fingerprint density at radius 3 is 2.57 bits per heavy atom. The van der Waals surface area contributed by atoms with Gasteiger partial charge in [-0.25, -0.2) is 9.48 Å². The molecule has 114 valence electrons. The molecular weight excluding hydrogens is 295 g/mol. The Hall–Kier alpha value is -2.46. The smallest absolute Gasteiger partial charge is 0.335 e. The number of ketones is 1. The van der Waals surface area contributed by atoms with Crippen LogP contribution in [0.25, 0.3) is 0 Å². The summed E-state index contributed by atoms with van der Waals surface area (Å²) in [6.07, 6.45) is -2.69. The van der Waals surface area contributed by atoms with Crippen molar-refractivity contribution in [3.63, 3.8) is 0 Å². The molecule has 1 aromatic rings. The highest BCUT2D eigenvalue weighted by atomic mass is 19.4. The predicted octanol–water partition coefficient (Wildman–Crippen LogP) is 0.0113. The fraction of sp³-hybridized carbons (Fsp3) is 0.500. The molecule has 2 rings (SSSR count). The molecule has 0 radical (unpaired) electrons. The van der Waals surface area contributed by atoms with Gasteiger partial charge in [0.1, 0.15) is 6.54 Å². The summed E-state index contributed by atoms with van der Waals surface area (Å²) in [6.45, 7) is -0.532. The molecule has 1 saturated carbocycles. The van der Waals surface area contributed by atoms with E-state index in [4.69, 9.17) is 0 Å². The van der Waals surface area contributed by atoms with Crippen molar-refractivity contribution in [3.8, 4) is 0 Å². The highest BCUT2D eigenvalue weighted by Gasteiger charge is 2.41. The second kappa shape index (κ2) is 5.50. The van der Waals surface area contributed by atoms with Crippen molar-refractivity contribution in [1.29, 1.82) is 0 Å². The molecule has 21 heavy (non-hydrogen) atoms. The van der Waals surface area contributed by atoms with E-state index in [1.54, 1.807) is 0 Å². The number of hydrogen-bond acceptors (Lipinski definition) is 5. The molecule has 1 aliphatic carbocycles. The number of hydrogen-bond donors (Lipinski definition) is 2. The van der Waals surface area contributed by atoms with Gasteiger partial charge in [0.25, 0.3) is 5.78 Å². The van der Waals surface area contributed by atoms with Crippen LogP contribution in [0, 0.1) is 0 Å². The number of Topliss-reactive ketones (excluding diaryl/α,β-unsaturated/α-hetero) is 1. The van der Waals surface area contributed by atoms with E-state index in [9.17, 15) is 27.6 Å². The Kier molecular flexibility index (Phi) is 3.91. The molecule has 8 nitrogen and oxygen atoms in total. The van der Waals surface area contributed by atoms with Gasteiger partial charge in [0.2, 0.25) is 5.91 Å². The molecule has 0 aromatic carbocycles. The van der Waals surface area contributed by atoms with Crippen LogP contribution >= 0.6 is 0 Å². The molecule has 1 fully saturated rings. The number of aromatic nitrogens is 3. The number of rotatable bonds is 4. The minimum atomic E-state index is -5.06. The van der Waals surface area contributed by atoms with Crippen LogP contribution in [0.4, 0.5) is 18.0 Å². The average molecular weight is 305 g/mol. The highest BCUT2D eigenvalue weighted by molar-refractivity contribution is 5.98. The number of amides is 3. The maximum atomic E-state index is 12.1. The van der Waals surface area contributed by atoms with Gasteiger partial charge in [-0.2, -0.15) is 13.2 Å². The highest BCUT2D eigenvalue weighted by Crippen LogP contribution is 2.20. The maximum absolute atomic E-state index is 12.1. The summed E-state index contributed by atoms with van der Waals surface area (Å²) in [7, 11) is 0. The van der Waals surface area contributed by atoms with Crippen molar-refractivity contribution in [2.24, 2.45) is 0 Å². The van der Waals surface area contributed by atoms with Crippen LogP contribution in [-0.2, 0) is 11.3 Å². The summed E-state index contributed by atoms with van der Waals surface area (Å²) < 4.78 is 37.2. The van der Waals surface area contributed by atoms with E-state index < -0.39 is 36.1 Å². The van der Waals surface area contributed by atoms with Crippen molar-refractivity contribution in [3.05, 3.63) is 11.9 Å². The van der Waals surface area contributed by atoms with E-state index in [2.05, 4.69) is 15.6 Å². The zero-order chi connectivity index (χ0) is 15.6. The summed E-state index contributed by atoms with van der Waals surface area (Å²) in [5.41, 5.74) is -0.919. The van der Waals surface area contributed by atoms with Crippen molar-refractivity contribution in [2.75, 3.05) is 0 Å². The van der Waals surface area contributed by atoms with Crippen LogP contribution in [0.15, 0.2) is 6.20 Å². The first kappa shape index (κ1) is 14.9. The first-order chi connectivity index (χ1) is 9.75. The molecular formula is C10H10F3N5O3. The molecule has 2 N–H and O–H groups in total. The van der Waals surface area contributed by atoms with Gasteiger partial charge in [0.05, 0.1) is 6.20 Å². The van der Waals surface area contributed by atoms with Gasteiger partial charge in [0.15, 0.2) is 5.69 Å². The van der Waals surface area contributed by atoms with Gasteiger partial charge in [-0.05, 0) is 12.8 Å². The number of nitrogens with zero attached hydrogens (tertiary/aromatic N) is 3.